The van der Waals surface area contributed by atoms with Crippen LogP contribution in [0, 0.1) is 11.8 Å². The summed E-state index contributed by atoms with van der Waals surface area (Å²) in [7, 11) is 0. The molecule has 0 aromatic heterocycles. The zero-order valence-corrected chi connectivity index (χ0v) is 15.9. The third-order valence-electron chi connectivity index (χ3n) is 4.78. The van der Waals surface area contributed by atoms with Crippen LogP contribution in [0.2, 0.25) is 0 Å². The fourth-order valence-electron chi connectivity index (χ4n) is 3.71. The third-order valence-corrected chi connectivity index (χ3v) is 4.78. The van der Waals surface area contributed by atoms with E-state index in [1.807, 2.05) is 13.8 Å². The average molecular weight is 345 g/mol. The van der Waals surface area contributed by atoms with Gasteiger partial charge in [-0.1, -0.05) is 13.8 Å². The second-order valence-corrected chi connectivity index (χ2v) is 7.24. The van der Waals surface area contributed by atoms with Gasteiger partial charge >= 0.3 is 0 Å². The van der Waals surface area contributed by atoms with Gasteiger partial charge < -0.3 is 10.2 Å². The maximum Gasteiger partial charge on any atom is 0.253 e. The van der Waals surface area contributed by atoms with E-state index < -0.39 is 0 Å². The Bertz CT molecular complexity index is 571. The van der Waals surface area contributed by atoms with Crippen molar-refractivity contribution in [3.05, 3.63) is 29.8 Å². The molecule has 0 unspecified atom stereocenters. The van der Waals surface area contributed by atoms with E-state index in [4.69, 9.17) is 0 Å². The van der Waals surface area contributed by atoms with Gasteiger partial charge in [0.2, 0.25) is 5.91 Å². The molecule has 1 aliphatic rings. The van der Waals surface area contributed by atoms with Crippen LogP contribution >= 0.6 is 0 Å². The summed E-state index contributed by atoms with van der Waals surface area (Å²) < 4.78 is 0. The molecule has 0 bridgehead atoms. The summed E-state index contributed by atoms with van der Waals surface area (Å²) in [5, 5.41) is 2.94. The number of hydrogen-bond donors (Lipinski definition) is 1. The van der Waals surface area contributed by atoms with E-state index in [-0.39, 0.29) is 11.8 Å². The summed E-state index contributed by atoms with van der Waals surface area (Å²) in [4.78, 5) is 28.6. The Morgan fingerprint density at radius 1 is 1.08 bits per heavy atom. The normalized spacial score (nSPS) is 21.0. The number of anilines is 1. The predicted octanol–water partition coefficient (Wildman–Crippen LogP) is 3.09. The van der Waals surface area contributed by atoms with Crippen molar-refractivity contribution in [2.45, 2.75) is 34.1 Å². The highest BCUT2D eigenvalue weighted by atomic mass is 16.2. The third kappa shape index (κ3) is 5.56. The topological polar surface area (TPSA) is 52.7 Å². The molecule has 1 aromatic carbocycles. The van der Waals surface area contributed by atoms with E-state index in [2.05, 4.69) is 24.1 Å². The SMILES string of the molecule is CCN(CC)C(=O)c1ccc(NC(=O)CN2C[C@@H](C)C[C@H](C)C2)cc1. The van der Waals surface area contributed by atoms with Crippen molar-refractivity contribution in [1.82, 2.24) is 9.80 Å². The smallest absolute Gasteiger partial charge is 0.253 e. The molecule has 1 heterocycles. The van der Waals surface area contributed by atoms with Crippen molar-refractivity contribution in [3.8, 4) is 0 Å². The lowest BCUT2D eigenvalue weighted by Crippen LogP contribution is -2.42. The molecule has 1 aliphatic heterocycles. The zero-order chi connectivity index (χ0) is 18.4. The second-order valence-electron chi connectivity index (χ2n) is 7.24. The Labute approximate surface area is 151 Å². The van der Waals surface area contributed by atoms with E-state index in [1.54, 1.807) is 29.2 Å². The minimum Gasteiger partial charge on any atom is -0.339 e. The van der Waals surface area contributed by atoms with Crippen LogP contribution in [0.1, 0.15) is 44.5 Å². The van der Waals surface area contributed by atoms with Gasteiger partial charge in [-0.15, -0.1) is 0 Å². The van der Waals surface area contributed by atoms with Crippen molar-refractivity contribution < 1.29 is 9.59 Å². The number of carbonyl (C=O) groups excluding carboxylic acids is 2. The van der Waals surface area contributed by atoms with Gasteiger partial charge in [-0.2, -0.15) is 0 Å². The minimum absolute atomic E-state index is 0.00381. The van der Waals surface area contributed by atoms with Crippen molar-refractivity contribution in [1.29, 1.82) is 0 Å². The first-order valence-electron chi connectivity index (χ1n) is 9.34. The number of hydrogen-bond acceptors (Lipinski definition) is 3. The fraction of sp³-hybridized carbons (Fsp3) is 0.600. The van der Waals surface area contributed by atoms with Gasteiger partial charge in [-0.25, -0.2) is 0 Å². The quantitative estimate of drug-likeness (QED) is 0.862. The van der Waals surface area contributed by atoms with Crippen LogP contribution in [0.15, 0.2) is 24.3 Å². The molecule has 2 amide bonds. The molecule has 5 nitrogen and oxygen atoms in total. The van der Waals surface area contributed by atoms with Crippen LogP contribution in [0.5, 0.6) is 0 Å². The number of likely N-dealkylation sites (tertiary alicyclic amines) is 1. The number of piperidine rings is 1. The van der Waals surface area contributed by atoms with Gasteiger partial charge in [-0.3, -0.25) is 14.5 Å². The molecule has 1 fully saturated rings. The van der Waals surface area contributed by atoms with Crippen molar-refractivity contribution in [3.63, 3.8) is 0 Å². The van der Waals surface area contributed by atoms with E-state index in [0.717, 1.165) is 18.8 Å². The molecule has 0 spiro atoms. The van der Waals surface area contributed by atoms with Crippen LogP contribution in [0.25, 0.3) is 0 Å². The highest BCUT2D eigenvalue weighted by molar-refractivity contribution is 5.96. The Hall–Kier alpha value is -1.88. The Morgan fingerprint density at radius 3 is 2.16 bits per heavy atom. The van der Waals surface area contributed by atoms with Gasteiger partial charge in [0.05, 0.1) is 6.54 Å². The number of nitrogens with one attached hydrogen (secondary N) is 1. The van der Waals surface area contributed by atoms with Crippen molar-refractivity contribution >= 4 is 17.5 Å². The summed E-state index contributed by atoms with van der Waals surface area (Å²) >= 11 is 0. The molecule has 0 aliphatic carbocycles. The lowest BCUT2D eigenvalue weighted by molar-refractivity contribution is -0.117. The standard InChI is InChI=1S/C20H31N3O2/c1-5-23(6-2)20(25)17-7-9-18(10-8-17)21-19(24)14-22-12-15(3)11-16(4)13-22/h7-10,15-16H,5-6,11-14H2,1-4H3,(H,21,24)/t15-,16-/m0/s1. The van der Waals surface area contributed by atoms with Crippen LogP contribution in [0.4, 0.5) is 5.69 Å². The summed E-state index contributed by atoms with van der Waals surface area (Å²) in [6, 6.07) is 7.16. The van der Waals surface area contributed by atoms with Crippen molar-refractivity contribution in [2.75, 3.05) is 38.0 Å². The van der Waals surface area contributed by atoms with Crippen LogP contribution in [-0.4, -0.2) is 54.3 Å². The Morgan fingerprint density at radius 2 is 1.64 bits per heavy atom. The maximum absolute atomic E-state index is 12.3. The van der Waals surface area contributed by atoms with E-state index >= 15 is 0 Å². The van der Waals surface area contributed by atoms with Gasteiger partial charge in [0.1, 0.15) is 0 Å². The zero-order valence-electron chi connectivity index (χ0n) is 15.9. The number of nitrogens with zero attached hydrogens (tertiary/aromatic N) is 2. The highest BCUT2D eigenvalue weighted by Gasteiger charge is 2.23. The summed E-state index contributed by atoms with van der Waals surface area (Å²) in [6.07, 6.45) is 1.24. The molecule has 2 rings (SSSR count). The lowest BCUT2D eigenvalue weighted by Gasteiger charge is -2.34. The summed E-state index contributed by atoms with van der Waals surface area (Å²) in [5.74, 6) is 1.31. The summed E-state index contributed by atoms with van der Waals surface area (Å²) in [5.41, 5.74) is 1.39. The van der Waals surface area contributed by atoms with Crippen LogP contribution in [0.3, 0.4) is 0 Å². The monoisotopic (exact) mass is 345 g/mol. The van der Waals surface area contributed by atoms with Crippen LogP contribution in [-0.2, 0) is 4.79 Å². The number of benzene rings is 1. The Kier molecular flexibility index (Phi) is 7.00. The first-order chi connectivity index (χ1) is 11.9. The maximum atomic E-state index is 12.3. The molecule has 138 valence electrons. The molecule has 1 saturated heterocycles. The highest BCUT2D eigenvalue weighted by Crippen LogP contribution is 2.20. The first kappa shape index (κ1) is 19.4. The van der Waals surface area contributed by atoms with Crippen molar-refractivity contribution in [2.24, 2.45) is 11.8 Å². The lowest BCUT2D eigenvalue weighted by atomic mass is 9.92. The molecule has 2 atom stereocenters. The average Bonchev–Trinajstić information content (AvgIpc) is 2.55. The van der Waals surface area contributed by atoms with E-state index in [0.29, 0.717) is 37.0 Å². The predicted molar refractivity (Wildman–Crippen MR) is 102 cm³/mol. The molecular formula is C20H31N3O2. The van der Waals surface area contributed by atoms with Gasteiger partial charge in [0.15, 0.2) is 0 Å². The first-order valence-corrected chi connectivity index (χ1v) is 9.34. The second kappa shape index (κ2) is 8.99. The number of rotatable bonds is 6. The number of amides is 2. The molecule has 5 heteroatoms. The molecular weight excluding hydrogens is 314 g/mol. The van der Waals surface area contributed by atoms with E-state index in [1.165, 1.54) is 6.42 Å². The largest absolute Gasteiger partial charge is 0.339 e. The molecule has 1 aromatic rings. The molecule has 0 saturated carbocycles. The Balaban J connectivity index is 1.90. The molecule has 0 radical (unpaired) electrons. The summed E-state index contributed by atoms with van der Waals surface area (Å²) in [6.45, 7) is 12.2. The molecule has 1 N–H and O–H groups in total. The van der Waals surface area contributed by atoms with Gasteiger partial charge in [0.25, 0.3) is 5.91 Å². The van der Waals surface area contributed by atoms with Gasteiger partial charge in [-0.05, 0) is 56.4 Å². The molecule has 25 heavy (non-hydrogen) atoms. The van der Waals surface area contributed by atoms with E-state index in [9.17, 15) is 9.59 Å². The fourth-order valence-corrected chi connectivity index (χ4v) is 3.71. The number of carbonyl (C=O) groups is 2. The van der Waals surface area contributed by atoms with Gasteiger partial charge in [0, 0.05) is 37.4 Å². The van der Waals surface area contributed by atoms with Crippen LogP contribution < -0.4 is 5.32 Å². The minimum atomic E-state index is 0.00381.